The molecule has 3 rings (SSSR count). The van der Waals surface area contributed by atoms with Crippen LogP contribution in [0.4, 0.5) is 4.39 Å². The van der Waals surface area contributed by atoms with Gasteiger partial charge >= 0.3 is 0 Å². The summed E-state index contributed by atoms with van der Waals surface area (Å²) in [5, 5.41) is 6.95. The van der Waals surface area contributed by atoms with Crippen LogP contribution in [0.1, 0.15) is 5.56 Å². The number of carbonyl (C=O) groups is 1. The van der Waals surface area contributed by atoms with E-state index in [1.807, 2.05) is 36.5 Å². The number of hydrogen-bond donors (Lipinski definition) is 1. The number of halogens is 2. The van der Waals surface area contributed by atoms with Crippen molar-refractivity contribution in [3.05, 3.63) is 77.3 Å². The average molecular weight is 360 g/mol. The summed E-state index contributed by atoms with van der Waals surface area (Å²) in [6.07, 6.45) is 3.53. The summed E-state index contributed by atoms with van der Waals surface area (Å²) in [4.78, 5) is 11.8. The molecule has 5 nitrogen and oxygen atoms in total. The van der Waals surface area contributed by atoms with E-state index in [2.05, 4.69) is 10.4 Å². The van der Waals surface area contributed by atoms with Crippen LogP contribution in [0.2, 0.25) is 5.02 Å². The van der Waals surface area contributed by atoms with Gasteiger partial charge in [-0.15, -0.1) is 0 Å². The minimum Gasteiger partial charge on any atom is -0.484 e. The first-order valence-electron chi connectivity index (χ1n) is 7.55. The van der Waals surface area contributed by atoms with Gasteiger partial charge in [0.15, 0.2) is 6.61 Å². The minimum atomic E-state index is -0.533. The Bertz CT molecular complexity index is 868. The predicted molar refractivity (Wildman–Crippen MR) is 92.3 cm³/mol. The van der Waals surface area contributed by atoms with Gasteiger partial charge in [-0.3, -0.25) is 4.79 Å². The third kappa shape index (κ3) is 4.58. The summed E-state index contributed by atoms with van der Waals surface area (Å²) in [5.41, 5.74) is 1.80. The number of ether oxygens (including phenoxy) is 1. The van der Waals surface area contributed by atoms with Gasteiger partial charge in [0.05, 0.1) is 16.9 Å². The van der Waals surface area contributed by atoms with Crippen molar-refractivity contribution in [1.29, 1.82) is 0 Å². The highest BCUT2D eigenvalue weighted by atomic mass is 35.5. The number of nitrogens with one attached hydrogen (secondary N) is 1. The zero-order chi connectivity index (χ0) is 17.6. The Kier molecular flexibility index (Phi) is 5.30. The lowest BCUT2D eigenvalue weighted by atomic mass is 10.3. The molecule has 7 heteroatoms. The second kappa shape index (κ2) is 7.81. The second-order valence-corrected chi connectivity index (χ2v) is 5.68. The van der Waals surface area contributed by atoms with Crippen LogP contribution < -0.4 is 10.1 Å². The van der Waals surface area contributed by atoms with E-state index in [0.29, 0.717) is 12.3 Å². The lowest BCUT2D eigenvalue weighted by Gasteiger charge is -2.07. The molecular weight excluding hydrogens is 345 g/mol. The maximum absolute atomic E-state index is 13.1. The van der Waals surface area contributed by atoms with Gasteiger partial charge in [0.1, 0.15) is 11.6 Å². The maximum Gasteiger partial charge on any atom is 0.258 e. The number of carbonyl (C=O) groups excluding carboxylic acids is 1. The molecule has 1 N–H and O–H groups in total. The van der Waals surface area contributed by atoms with Gasteiger partial charge < -0.3 is 10.1 Å². The fraction of sp³-hybridized carbons (Fsp3) is 0.111. The lowest BCUT2D eigenvalue weighted by molar-refractivity contribution is -0.123. The molecule has 0 saturated carbocycles. The molecular formula is C18H15ClFN3O2. The summed E-state index contributed by atoms with van der Waals surface area (Å²) in [7, 11) is 0. The van der Waals surface area contributed by atoms with Crippen LogP contribution in [-0.2, 0) is 11.3 Å². The molecule has 0 aliphatic heterocycles. The van der Waals surface area contributed by atoms with Crippen molar-refractivity contribution in [2.24, 2.45) is 0 Å². The van der Waals surface area contributed by atoms with E-state index in [9.17, 15) is 9.18 Å². The van der Waals surface area contributed by atoms with Crippen LogP contribution >= 0.6 is 11.6 Å². The number of nitrogens with zero attached hydrogens (tertiary/aromatic N) is 2. The van der Waals surface area contributed by atoms with E-state index in [1.165, 1.54) is 18.2 Å². The molecule has 0 aliphatic carbocycles. The van der Waals surface area contributed by atoms with Gasteiger partial charge in [-0.1, -0.05) is 29.8 Å². The van der Waals surface area contributed by atoms with Crippen LogP contribution in [0, 0.1) is 5.82 Å². The molecule has 2 aromatic carbocycles. The van der Waals surface area contributed by atoms with Crippen molar-refractivity contribution in [3.8, 4) is 11.4 Å². The summed E-state index contributed by atoms with van der Waals surface area (Å²) < 4.78 is 20.1. The zero-order valence-corrected chi connectivity index (χ0v) is 13.9. The van der Waals surface area contributed by atoms with Crippen LogP contribution in [0.15, 0.2) is 60.9 Å². The monoisotopic (exact) mass is 359 g/mol. The first-order chi connectivity index (χ1) is 12.1. The molecule has 1 amide bonds. The Labute approximate surface area is 149 Å². The Morgan fingerprint density at radius 2 is 2.04 bits per heavy atom. The average Bonchev–Trinajstić information content (AvgIpc) is 3.11. The molecule has 128 valence electrons. The van der Waals surface area contributed by atoms with Gasteiger partial charge in [0, 0.05) is 24.4 Å². The molecule has 0 atom stereocenters. The largest absolute Gasteiger partial charge is 0.484 e. The van der Waals surface area contributed by atoms with Crippen molar-refractivity contribution >= 4 is 17.5 Å². The van der Waals surface area contributed by atoms with Crippen molar-refractivity contribution in [3.63, 3.8) is 0 Å². The molecule has 0 unspecified atom stereocenters. The number of benzene rings is 2. The molecule has 0 radical (unpaired) electrons. The number of rotatable bonds is 6. The van der Waals surface area contributed by atoms with Crippen LogP contribution in [-0.4, -0.2) is 22.3 Å². The quantitative estimate of drug-likeness (QED) is 0.734. The van der Waals surface area contributed by atoms with Crippen molar-refractivity contribution < 1.29 is 13.9 Å². The molecule has 3 aromatic rings. The standard InChI is InChI=1S/C18H15ClFN3O2/c19-16-8-15(6-7-17(16)20)25-12-18(24)21-9-13-10-22-23(11-13)14-4-2-1-3-5-14/h1-8,10-11H,9,12H2,(H,21,24). The molecule has 0 saturated heterocycles. The third-order valence-corrected chi connectivity index (χ3v) is 3.70. The molecule has 1 aromatic heterocycles. The molecule has 0 bridgehead atoms. The van der Waals surface area contributed by atoms with E-state index in [-0.39, 0.29) is 17.5 Å². The normalized spacial score (nSPS) is 10.5. The predicted octanol–water partition coefficient (Wildman–Crippen LogP) is 3.36. The first kappa shape index (κ1) is 17.0. The van der Waals surface area contributed by atoms with Gasteiger partial charge in [-0.05, 0) is 24.3 Å². The molecule has 1 heterocycles. The Morgan fingerprint density at radius 1 is 1.24 bits per heavy atom. The third-order valence-electron chi connectivity index (χ3n) is 3.41. The first-order valence-corrected chi connectivity index (χ1v) is 7.93. The Hall–Kier alpha value is -2.86. The van der Waals surface area contributed by atoms with Gasteiger partial charge in [0.25, 0.3) is 5.91 Å². The number of aromatic nitrogens is 2. The fourth-order valence-electron chi connectivity index (χ4n) is 2.14. The molecule has 0 aliphatic rings. The highest BCUT2D eigenvalue weighted by molar-refractivity contribution is 6.30. The number of para-hydroxylation sites is 1. The summed E-state index contributed by atoms with van der Waals surface area (Å²) in [6, 6.07) is 13.6. The maximum atomic E-state index is 13.1. The highest BCUT2D eigenvalue weighted by Crippen LogP contribution is 2.20. The fourth-order valence-corrected chi connectivity index (χ4v) is 2.31. The number of hydrogen-bond acceptors (Lipinski definition) is 3. The SMILES string of the molecule is O=C(COc1ccc(F)c(Cl)c1)NCc1cnn(-c2ccccc2)c1. The van der Waals surface area contributed by atoms with E-state index >= 15 is 0 Å². The summed E-state index contributed by atoms with van der Waals surface area (Å²) in [5.74, 6) is -0.500. The van der Waals surface area contributed by atoms with Crippen LogP contribution in [0.25, 0.3) is 5.69 Å². The van der Waals surface area contributed by atoms with Crippen LogP contribution in [0.5, 0.6) is 5.75 Å². The van der Waals surface area contributed by atoms with E-state index in [4.69, 9.17) is 16.3 Å². The smallest absolute Gasteiger partial charge is 0.258 e. The number of amides is 1. The summed E-state index contributed by atoms with van der Waals surface area (Å²) in [6.45, 7) is 0.147. The topological polar surface area (TPSA) is 56.1 Å². The van der Waals surface area contributed by atoms with Gasteiger partial charge in [0.2, 0.25) is 0 Å². The van der Waals surface area contributed by atoms with E-state index in [1.54, 1.807) is 10.9 Å². The van der Waals surface area contributed by atoms with Gasteiger partial charge in [-0.25, -0.2) is 9.07 Å². The van der Waals surface area contributed by atoms with Crippen molar-refractivity contribution in [2.45, 2.75) is 6.54 Å². The Morgan fingerprint density at radius 3 is 2.80 bits per heavy atom. The Balaban J connectivity index is 1.49. The zero-order valence-electron chi connectivity index (χ0n) is 13.2. The highest BCUT2D eigenvalue weighted by Gasteiger charge is 2.07. The lowest BCUT2D eigenvalue weighted by Crippen LogP contribution is -2.28. The summed E-state index contributed by atoms with van der Waals surface area (Å²) >= 11 is 5.66. The van der Waals surface area contributed by atoms with Crippen LogP contribution in [0.3, 0.4) is 0 Å². The second-order valence-electron chi connectivity index (χ2n) is 5.27. The van der Waals surface area contributed by atoms with Gasteiger partial charge in [-0.2, -0.15) is 5.10 Å². The molecule has 0 spiro atoms. The minimum absolute atomic E-state index is 0.0498. The molecule has 25 heavy (non-hydrogen) atoms. The molecule has 0 fully saturated rings. The van der Waals surface area contributed by atoms with Crippen molar-refractivity contribution in [1.82, 2.24) is 15.1 Å². The van der Waals surface area contributed by atoms with Crippen molar-refractivity contribution in [2.75, 3.05) is 6.61 Å². The van der Waals surface area contributed by atoms with E-state index in [0.717, 1.165) is 11.3 Å². The van der Waals surface area contributed by atoms with E-state index < -0.39 is 5.82 Å².